The average Bonchev–Trinajstić information content (AvgIpc) is 2.67. The van der Waals surface area contributed by atoms with Gasteiger partial charge in [-0.3, -0.25) is 9.89 Å². The molecule has 0 bridgehead atoms. The molecule has 1 saturated heterocycles. The van der Waals surface area contributed by atoms with Crippen LogP contribution in [0, 0.1) is 0 Å². The minimum atomic E-state index is -0.0887. The zero-order chi connectivity index (χ0) is 18.8. The molecule has 7 heteroatoms. The van der Waals surface area contributed by atoms with Crippen LogP contribution in [0.25, 0.3) is 0 Å². The van der Waals surface area contributed by atoms with Crippen LogP contribution in [0.5, 0.6) is 0 Å². The van der Waals surface area contributed by atoms with Crippen molar-refractivity contribution in [3.63, 3.8) is 0 Å². The number of nitrogens with one attached hydrogen (secondary N) is 2. The Hall–Kier alpha value is -1.34. The summed E-state index contributed by atoms with van der Waals surface area (Å²) in [4.78, 5) is 7.15. The number of methoxy groups -OCH3 is 1. The molecular formula is C19H31ClN4O2. The average molecular weight is 383 g/mol. The predicted molar refractivity (Wildman–Crippen MR) is 107 cm³/mol. The van der Waals surface area contributed by atoms with Crippen molar-refractivity contribution in [2.45, 2.75) is 26.0 Å². The monoisotopic (exact) mass is 382 g/mol. The molecule has 1 aromatic carbocycles. The van der Waals surface area contributed by atoms with E-state index >= 15 is 0 Å². The van der Waals surface area contributed by atoms with E-state index in [4.69, 9.17) is 26.1 Å². The number of nitrogens with zero attached hydrogens (tertiary/aromatic N) is 2. The second kappa shape index (κ2) is 11.4. The SMILES string of the molecule is CCNC(=NCC(C)N1CCOCC1)NCC(OC)c1cccc(Cl)c1. The molecule has 0 spiro atoms. The Morgan fingerprint density at radius 1 is 1.35 bits per heavy atom. The zero-order valence-electron chi connectivity index (χ0n) is 16.0. The molecule has 0 amide bonds. The van der Waals surface area contributed by atoms with Crippen molar-refractivity contribution < 1.29 is 9.47 Å². The van der Waals surface area contributed by atoms with Gasteiger partial charge in [-0.25, -0.2) is 0 Å². The Morgan fingerprint density at radius 2 is 2.12 bits per heavy atom. The molecule has 146 valence electrons. The topological polar surface area (TPSA) is 58.1 Å². The minimum Gasteiger partial charge on any atom is -0.379 e. The van der Waals surface area contributed by atoms with Crippen molar-refractivity contribution in [3.8, 4) is 0 Å². The lowest BCUT2D eigenvalue weighted by atomic mass is 10.1. The number of guanidine groups is 1. The highest BCUT2D eigenvalue weighted by atomic mass is 35.5. The van der Waals surface area contributed by atoms with Crippen LogP contribution < -0.4 is 10.6 Å². The van der Waals surface area contributed by atoms with Gasteiger partial charge in [0.15, 0.2) is 5.96 Å². The van der Waals surface area contributed by atoms with Gasteiger partial charge in [-0.1, -0.05) is 23.7 Å². The second-order valence-electron chi connectivity index (χ2n) is 6.38. The number of rotatable bonds is 8. The number of halogens is 1. The quantitative estimate of drug-likeness (QED) is 0.533. The maximum atomic E-state index is 6.09. The molecule has 2 rings (SSSR count). The number of benzene rings is 1. The number of hydrogen-bond donors (Lipinski definition) is 2. The van der Waals surface area contributed by atoms with Gasteiger partial charge in [0.25, 0.3) is 0 Å². The molecule has 1 fully saturated rings. The highest BCUT2D eigenvalue weighted by molar-refractivity contribution is 6.30. The van der Waals surface area contributed by atoms with Crippen molar-refractivity contribution in [2.75, 3.05) is 53.0 Å². The van der Waals surface area contributed by atoms with Crippen LogP contribution in [-0.2, 0) is 9.47 Å². The summed E-state index contributed by atoms with van der Waals surface area (Å²) in [6, 6.07) is 8.14. The van der Waals surface area contributed by atoms with Crippen molar-refractivity contribution in [2.24, 2.45) is 4.99 Å². The maximum Gasteiger partial charge on any atom is 0.191 e. The van der Waals surface area contributed by atoms with Crippen LogP contribution in [0.2, 0.25) is 5.02 Å². The minimum absolute atomic E-state index is 0.0887. The molecule has 1 aliphatic rings. The second-order valence-corrected chi connectivity index (χ2v) is 6.81. The van der Waals surface area contributed by atoms with Gasteiger partial charge in [-0.15, -0.1) is 0 Å². The lowest BCUT2D eigenvalue weighted by Gasteiger charge is -2.31. The van der Waals surface area contributed by atoms with Crippen LogP contribution >= 0.6 is 11.6 Å². The number of hydrogen-bond acceptors (Lipinski definition) is 4. The summed E-state index contributed by atoms with van der Waals surface area (Å²) in [5.74, 6) is 0.802. The molecule has 26 heavy (non-hydrogen) atoms. The Morgan fingerprint density at radius 3 is 2.77 bits per heavy atom. The van der Waals surface area contributed by atoms with Crippen LogP contribution in [0.15, 0.2) is 29.3 Å². The fourth-order valence-electron chi connectivity index (χ4n) is 2.93. The smallest absolute Gasteiger partial charge is 0.191 e. The normalized spacial score (nSPS) is 18.4. The van der Waals surface area contributed by atoms with Gasteiger partial charge in [-0.2, -0.15) is 0 Å². The van der Waals surface area contributed by atoms with Crippen molar-refractivity contribution in [3.05, 3.63) is 34.9 Å². The summed E-state index contributed by atoms with van der Waals surface area (Å²) in [5.41, 5.74) is 1.05. The summed E-state index contributed by atoms with van der Waals surface area (Å²) < 4.78 is 11.0. The van der Waals surface area contributed by atoms with Crippen molar-refractivity contribution in [1.29, 1.82) is 0 Å². The Bertz CT molecular complexity index is 564. The number of ether oxygens (including phenoxy) is 2. The van der Waals surface area contributed by atoms with Gasteiger partial charge in [0.05, 0.1) is 25.9 Å². The van der Waals surface area contributed by atoms with Crippen LogP contribution in [0.4, 0.5) is 0 Å². The Kier molecular flexibility index (Phi) is 9.18. The van der Waals surface area contributed by atoms with Crippen LogP contribution in [0.1, 0.15) is 25.5 Å². The lowest BCUT2D eigenvalue weighted by molar-refractivity contribution is 0.0220. The van der Waals surface area contributed by atoms with Gasteiger partial charge in [0, 0.05) is 44.4 Å². The molecule has 6 nitrogen and oxygen atoms in total. The number of aliphatic imine (C=N–C) groups is 1. The number of morpholine rings is 1. The predicted octanol–water partition coefficient (Wildman–Crippen LogP) is 2.30. The molecule has 1 aliphatic heterocycles. The van der Waals surface area contributed by atoms with Crippen LogP contribution in [-0.4, -0.2) is 69.9 Å². The largest absolute Gasteiger partial charge is 0.379 e. The molecule has 0 aromatic heterocycles. The molecule has 0 radical (unpaired) electrons. The summed E-state index contributed by atoms with van der Waals surface area (Å²) in [7, 11) is 1.71. The molecular weight excluding hydrogens is 352 g/mol. The fourth-order valence-corrected chi connectivity index (χ4v) is 3.13. The molecule has 0 saturated carbocycles. The van der Waals surface area contributed by atoms with E-state index in [0.717, 1.165) is 50.9 Å². The third-order valence-corrected chi connectivity index (χ3v) is 4.72. The summed E-state index contributed by atoms with van der Waals surface area (Å²) >= 11 is 6.09. The lowest BCUT2D eigenvalue weighted by Crippen LogP contribution is -2.45. The first-order valence-electron chi connectivity index (χ1n) is 9.26. The summed E-state index contributed by atoms with van der Waals surface area (Å²) in [6.45, 7) is 10.0. The van der Waals surface area contributed by atoms with E-state index in [1.54, 1.807) is 7.11 Å². The first-order valence-corrected chi connectivity index (χ1v) is 9.64. The molecule has 2 N–H and O–H groups in total. The van der Waals surface area contributed by atoms with E-state index in [1.165, 1.54) is 0 Å². The van der Waals surface area contributed by atoms with Crippen LogP contribution in [0.3, 0.4) is 0 Å². The highest BCUT2D eigenvalue weighted by Crippen LogP contribution is 2.19. The molecule has 2 unspecified atom stereocenters. The molecule has 1 aromatic rings. The van der Waals surface area contributed by atoms with E-state index in [0.29, 0.717) is 17.6 Å². The van der Waals surface area contributed by atoms with E-state index in [9.17, 15) is 0 Å². The van der Waals surface area contributed by atoms with Gasteiger partial charge in [0.1, 0.15) is 0 Å². The van der Waals surface area contributed by atoms with Gasteiger partial charge >= 0.3 is 0 Å². The Balaban J connectivity index is 1.91. The summed E-state index contributed by atoms with van der Waals surface area (Å²) in [5, 5.41) is 7.39. The third-order valence-electron chi connectivity index (χ3n) is 4.49. The van der Waals surface area contributed by atoms with E-state index in [2.05, 4.69) is 29.4 Å². The summed E-state index contributed by atoms with van der Waals surface area (Å²) in [6.07, 6.45) is -0.0887. The maximum absolute atomic E-state index is 6.09. The third kappa shape index (κ3) is 6.76. The first-order chi connectivity index (χ1) is 12.6. The van der Waals surface area contributed by atoms with Gasteiger partial charge < -0.3 is 20.1 Å². The van der Waals surface area contributed by atoms with Crippen molar-refractivity contribution >= 4 is 17.6 Å². The van der Waals surface area contributed by atoms with E-state index in [-0.39, 0.29) is 6.10 Å². The Labute approximate surface area is 161 Å². The fraction of sp³-hybridized carbons (Fsp3) is 0.632. The van der Waals surface area contributed by atoms with Gasteiger partial charge in [0.2, 0.25) is 0 Å². The zero-order valence-corrected chi connectivity index (χ0v) is 16.8. The first kappa shape index (κ1) is 21.0. The molecule has 0 aliphatic carbocycles. The van der Waals surface area contributed by atoms with E-state index in [1.807, 2.05) is 24.3 Å². The molecule has 1 heterocycles. The van der Waals surface area contributed by atoms with Gasteiger partial charge in [-0.05, 0) is 31.5 Å². The van der Waals surface area contributed by atoms with Crippen molar-refractivity contribution in [1.82, 2.24) is 15.5 Å². The standard InChI is InChI=1S/C19H31ClN4O2/c1-4-21-19(22-13-15(2)24-8-10-26-11-9-24)23-14-18(25-3)16-6-5-7-17(20)12-16/h5-7,12,15,18H,4,8-11,13-14H2,1-3H3,(H2,21,22,23). The highest BCUT2D eigenvalue weighted by Gasteiger charge is 2.17. The van der Waals surface area contributed by atoms with E-state index < -0.39 is 0 Å². The molecule has 2 atom stereocenters.